The molecule has 7 rings (SSSR count). The first-order chi connectivity index (χ1) is 28.3. The molecule has 10 heteroatoms. The van der Waals surface area contributed by atoms with E-state index in [4.69, 9.17) is 17.5 Å². The van der Waals surface area contributed by atoms with Gasteiger partial charge in [0, 0.05) is 51.4 Å². The molecule has 2 aliphatic carbocycles. The number of hydrogen-bond donors (Lipinski definition) is 0. The molecule has 4 nitrogen and oxygen atoms in total. The van der Waals surface area contributed by atoms with Crippen LogP contribution in [0.2, 0.25) is 0 Å². The second-order valence-electron chi connectivity index (χ2n) is 17.4. The van der Waals surface area contributed by atoms with E-state index in [2.05, 4.69) is 85.0 Å². The molecule has 314 valence electrons. The van der Waals surface area contributed by atoms with Gasteiger partial charge in [-0.15, -0.1) is 0 Å². The molecule has 0 amide bonds. The third-order valence-electron chi connectivity index (χ3n) is 13.7. The SMILES string of the molecule is CCCCCCCC1(CCCCCCC)c2cc(I)c3nsnc3c2-c2c(F)c3c(c(F)c21)-c1c(cc(I)c2nsnc12)C3(CCCCCCC)CCCCCCC. The van der Waals surface area contributed by atoms with Crippen molar-refractivity contribution in [3.8, 4) is 22.3 Å². The monoisotopic (exact) mass is 1050 g/mol. The van der Waals surface area contributed by atoms with E-state index >= 15 is 8.78 Å². The molecule has 0 N–H and O–H groups in total. The molecule has 0 saturated heterocycles. The summed E-state index contributed by atoms with van der Waals surface area (Å²) in [4.78, 5) is 0. The molecule has 0 radical (unpaired) electrons. The summed E-state index contributed by atoms with van der Waals surface area (Å²) in [6, 6.07) is 4.49. The smallest absolute Gasteiger partial charge is 0.136 e. The zero-order valence-electron chi connectivity index (χ0n) is 35.2. The number of nitrogens with zero attached hydrogens (tertiary/aromatic N) is 4. The minimum absolute atomic E-state index is 0.216. The summed E-state index contributed by atoms with van der Waals surface area (Å²) >= 11 is 7.17. The minimum atomic E-state index is -0.658. The van der Waals surface area contributed by atoms with Gasteiger partial charge >= 0.3 is 0 Å². The van der Waals surface area contributed by atoms with Gasteiger partial charge in [-0.25, -0.2) is 8.78 Å². The average Bonchev–Trinajstić information content (AvgIpc) is 4.01. The van der Waals surface area contributed by atoms with E-state index in [1.807, 2.05) is 0 Å². The Morgan fingerprint density at radius 2 is 0.724 bits per heavy atom. The lowest BCUT2D eigenvalue weighted by Crippen LogP contribution is -2.29. The Morgan fingerprint density at radius 3 is 1.03 bits per heavy atom. The summed E-state index contributed by atoms with van der Waals surface area (Å²) in [5.41, 5.74) is 7.71. The van der Waals surface area contributed by atoms with Crippen LogP contribution in [0, 0.1) is 18.8 Å². The fourth-order valence-corrected chi connectivity index (χ4v) is 13.6. The van der Waals surface area contributed by atoms with Gasteiger partial charge in [0.05, 0.1) is 23.5 Å². The highest BCUT2D eigenvalue weighted by Crippen LogP contribution is 2.65. The molecule has 0 spiro atoms. The molecule has 0 atom stereocenters. The highest BCUT2D eigenvalue weighted by atomic mass is 127. The van der Waals surface area contributed by atoms with E-state index < -0.39 is 10.8 Å². The molecule has 0 fully saturated rings. The molecular formula is C48H62F2I2N4S2. The van der Waals surface area contributed by atoms with Crippen molar-refractivity contribution < 1.29 is 8.78 Å². The van der Waals surface area contributed by atoms with Crippen molar-refractivity contribution in [1.82, 2.24) is 17.5 Å². The third kappa shape index (κ3) is 8.17. The lowest BCUT2D eigenvalue weighted by molar-refractivity contribution is 0.375. The van der Waals surface area contributed by atoms with Gasteiger partial charge in [-0.3, -0.25) is 0 Å². The number of fused-ring (bicyclic) bond motifs is 10. The van der Waals surface area contributed by atoms with Gasteiger partial charge in [0.25, 0.3) is 0 Å². The number of unbranched alkanes of at least 4 members (excludes halogenated alkanes) is 16. The largest absolute Gasteiger partial charge is 0.206 e. The summed E-state index contributed by atoms with van der Waals surface area (Å²) in [5.74, 6) is -0.432. The first kappa shape index (κ1) is 44.7. The van der Waals surface area contributed by atoms with E-state index in [9.17, 15) is 0 Å². The average molecular weight is 1050 g/mol. The predicted octanol–water partition coefficient (Wildman–Crippen LogP) is 17.2. The van der Waals surface area contributed by atoms with Crippen LogP contribution >= 0.6 is 68.6 Å². The van der Waals surface area contributed by atoms with Crippen LogP contribution in [-0.4, -0.2) is 17.5 Å². The van der Waals surface area contributed by atoms with Crippen molar-refractivity contribution in [2.45, 2.75) is 193 Å². The standard InChI is InChI=1S/C48H62F2I2N4S2/c1-5-9-13-17-21-25-47(26-22-18-14-10-6-2)31-29-33(51)43-45(55-57-53-43)35(31)37-39(47)41(49)38-36-32(30-34(52)44-46(36)56-58-54-44)48(40(38)42(37)50,27-23-19-15-11-7-3)28-24-20-16-12-8-4/h29-30H,5-28H2,1-4H3. The van der Waals surface area contributed by atoms with E-state index in [0.29, 0.717) is 22.3 Å². The highest BCUT2D eigenvalue weighted by Gasteiger charge is 2.54. The molecule has 2 aromatic heterocycles. The maximum absolute atomic E-state index is 19.1. The van der Waals surface area contributed by atoms with Crippen molar-refractivity contribution in [2.75, 3.05) is 0 Å². The lowest BCUT2D eigenvalue weighted by Gasteiger charge is -2.35. The Hall–Kier alpha value is -1.38. The summed E-state index contributed by atoms with van der Waals surface area (Å²) in [6.07, 6.45) is 25.6. The maximum Gasteiger partial charge on any atom is 0.136 e. The van der Waals surface area contributed by atoms with E-state index in [1.165, 1.54) is 74.8 Å². The van der Waals surface area contributed by atoms with Crippen molar-refractivity contribution >= 4 is 90.7 Å². The number of hydrogen-bond acceptors (Lipinski definition) is 6. The number of halogens is 4. The Morgan fingerprint density at radius 1 is 0.431 bits per heavy atom. The Kier molecular flexibility index (Phi) is 15.6. The molecule has 2 heterocycles. The summed E-state index contributed by atoms with van der Waals surface area (Å²) in [5, 5.41) is 0. The van der Waals surface area contributed by atoms with E-state index in [1.54, 1.807) is 0 Å². The molecular weight excluding hydrogens is 988 g/mol. The first-order valence-electron chi connectivity index (χ1n) is 22.8. The number of rotatable bonds is 24. The van der Waals surface area contributed by atoms with E-state index in [0.717, 1.165) is 154 Å². The predicted molar refractivity (Wildman–Crippen MR) is 260 cm³/mol. The zero-order valence-corrected chi connectivity index (χ0v) is 41.2. The zero-order chi connectivity index (χ0) is 40.9. The molecule has 58 heavy (non-hydrogen) atoms. The Bertz CT molecular complexity index is 2010. The van der Waals surface area contributed by atoms with Gasteiger partial charge < -0.3 is 0 Å². The molecule has 2 aliphatic rings. The van der Waals surface area contributed by atoms with Gasteiger partial charge in [0.1, 0.15) is 33.7 Å². The van der Waals surface area contributed by atoms with Crippen LogP contribution in [0.5, 0.6) is 0 Å². The van der Waals surface area contributed by atoms with Crippen LogP contribution in [0.1, 0.15) is 204 Å². The fraction of sp³-hybridized carbons (Fsp3) is 0.625. The quantitative estimate of drug-likeness (QED) is 0.0456. The highest BCUT2D eigenvalue weighted by molar-refractivity contribution is 14.1. The molecule has 5 aromatic rings. The normalized spacial score (nSPS) is 14.8. The second kappa shape index (κ2) is 20.2. The lowest BCUT2D eigenvalue weighted by atomic mass is 9.68. The van der Waals surface area contributed by atoms with Crippen LogP contribution in [-0.2, 0) is 10.8 Å². The summed E-state index contributed by atoms with van der Waals surface area (Å²) < 4.78 is 59.6. The molecule has 0 aliphatic heterocycles. The van der Waals surface area contributed by atoms with Crippen molar-refractivity contribution in [1.29, 1.82) is 0 Å². The maximum atomic E-state index is 19.1. The fourth-order valence-electron chi connectivity index (χ4n) is 10.8. The Labute approximate surface area is 381 Å². The summed E-state index contributed by atoms with van der Waals surface area (Å²) in [6.45, 7) is 9.00. The van der Waals surface area contributed by atoms with Crippen molar-refractivity contribution in [2.24, 2.45) is 0 Å². The van der Waals surface area contributed by atoms with Crippen LogP contribution in [0.25, 0.3) is 44.3 Å². The molecule has 3 aromatic carbocycles. The van der Waals surface area contributed by atoms with Crippen LogP contribution < -0.4 is 0 Å². The number of aromatic nitrogens is 4. The third-order valence-corrected chi connectivity index (χ3v) is 16.4. The second-order valence-corrected chi connectivity index (χ2v) is 20.8. The molecule has 0 unspecified atom stereocenters. The van der Waals surface area contributed by atoms with Crippen molar-refractivity contribution in [3.05, 3.63) is 53.2 Å². The van der Waals surface area contributed by atoms with E-state index in [-0.39, 0.29) is 11.6 Å². The van der Waals surface area contributed by atoms with Crippen LogP contribution in [0.15, 0.2) is 12.1 Å². The Balaban J connectivity index is 1.53. The van der Waals surface area contributed by atoms with Gasteiger partial charge in [-0.05, 0) is 94.1 Å². The molecule has 0 saturated carbocycles. The number of benzene rings is 3. The van der Waals surface area contributed by atoms with Crippen molar-refractivity contribution in [3.63, 3.8) is 0 Å². The van der Waals surface area contributed by atoms with Gasteiger partial charge in [0.15, 0.2) is 0 Å². The van der Waals surface area contributed by atoms with Gasteiger partial charge in [-0.1, -0.05) is 156 Å². The first-order valence-corrected chi connectivity index (χ1v) is 26.4. The van der Waals surface area contributed by atoms with Crippen LogP contribution in [0.3, 0.4) is 0 Å². The van der Waals surface area contributed by atoms with Gasteiger partial charge in [-0.2, -0.15) is 17.5 Å². The van der Waals surface area contributed by atoms with Gasteiger partial charge in [0.2, 0.25) is 0 Å². The topological polar surface area (TPSA) is 51.6 Å². The summed E-state index contributed by atoms with van der Waals surface area (Å²) in [7, 11) is 0. The minimum Gasteiger partial charge on any atom is -0.206 e. The van der Waals surface area contributed by atoms with Crippen LogP contribution in [0.4, 0.5) is 8.78 Å². The molecule has 0 bridgehead atoms.